The van der Waals surface area contributed by atoms with Crippen LogP contribution in [0.4, 0.5) is 5.69 Å². The Morgan fingerprint density at radius 3 is 2.61 bits per heavy atom. The van der Waals surface area contributed by atoms with Crippen LogP contribution in [0.25, 0.3) is 0 Å². The maximum Gasteiger partial charge on any atom is 0.246 e. The van der Waals surface area contributed by atoms with Crippen LogP contribution >= 0.6 is 11.6 Å². The summed E-state index contributed by atoms with van der Waals surface area (Å²) in [4.78, 5) is 0.0363. The summed E-state index contributed by atoms with van der Waals surface area (Å²) >= 11 is 5.98. The lowest BCUT2D eigenvalue weighted by atomic mass is 10.3. The molecule has 1 aliphatic rings. The van der Waals surface area contributed by atoms with Gasteiger partial charge in [-0.15, -0.1) is 0 Å². The molecule has 0 aromatic heterocycles. The average Bonchev–Trinajstić information content (AvgIpc) is 3.08. The van der Waals surface area contributed by atoms with Crippen LogP contribution in [0.15, 0.2) is 23.1 Å². The van der Waals surface area contributed by atoms with Crippen molar-refractivity contribution in [1.29, 1.82) is 0 Å². The van der Waals surface area contributed by atoms with Gasteiger partial charge in [0.05, 0.1) is 10.7 Å². The maximum absolute atomic E-state index is 12.5. The molecule has 1 aliphatic carbocycles. The summed E-state index contributed by atoms with van der Waals surface area (Å²) in [5, 5.41) is 0.184. The van der Waals surface area contributed by atoms with Crippen molar-refractivity contribution in [2.75, 3.05) is 18.8 Å². The van der Waals surface area contributed by atoms with Gasteiger partial charge in [0.2, 0.25) is 10.0 Å². The molecule has 2 rings (SSSR count). The number of halogens is 1. The molecule has 0 aliphatic heterocycles. The third-order valence-electron chi connectivity index (χ3n) is 3.11. The van der Waals surface area contributed by atoms with E-state index in [0.717, 1.165) is 12.8 Å². The van der Waals surface area contributed by atoms with Crippen molar-refractivity contribution in [3.8, 4) is 0 Å². The van der Waals surface area contributed by atoms with Gasteiger partial charge >= 0.3 is 0 Å². The third-order valence-corrected chi connectivity index (χ3v) is 5.59. The molecule has 1 saturated carbocycles. The molecular weight excluding hydrogens is 272 g/mol. The normalized spacial score (nSPS) is 16.2. The first-order chi connectivity index (χ1) is 8.46. The lowest BCUT2D eigenvalue weighted by Crippen LogP contribution is -2.33. The van der Waals surface area contributed by atoms with Crippen LogP contribution in [0.1, 0.15) is 19.8 Å². The molecule has 1 aromatic rings. The molecule has 0 radical (unpaired) electrons. The Hall–Kier alpha value is -0.780. The van der Waals surface area contributed by atoms with Gasteiger partial charge in [-0.05, 0) is 30.9 Å². The highest BCUT2D eigenvalue weighted by molar-refractivity contribution is 7.89. The molecule has 0 heterocycles. The van der Waals surface area contributed by atoms with Crippen LogP contribution in [0.3, 0.4) is 0 Å². The minimum absolute atomic E-state index is 0.0363. The van der Waals surface area contributed by atoms with Gasteiger partial charge in [-0.2, -0.15) is 4.31 Å². The fourth-order valence-corrected chi connectivity index (χ4v) is 4.07. The molecule has 0 saturated heterocycles. The van der Waals surface area contributed by atoms with E-state index in [0.29, 0.717) is 19.0 Å². The highest BCUT2D eigenvalue weighted by Crippen LogP contribution is 2.34. The highest BCUT2D eigenvalue weighted by Gasteiger charge is 2.32. The summed E-state index contributed by atoms with van der Waals surface area (Å²) in [6.45, 7) is 2.82. The molecule has 100 valence electrons. The summed E-state index contributed by atoms with van der Waals surface area (Å²) < 4.78 is 26.5. The lowest BCUT2D eigenvalue weighted by molar-refractivity contribution is 0.412. The quantitative estimate of drug-likeness (QED) is 0.846. The molecule has 0 amide bonds. The van der Waals surface area contributed by atoms with Crippen LogP contribution in [-0.4, -0.2) is 25.8 Å². The van der Waals surface area contributed by atoms with E-state index in [9.17, 15) is 8.42 Å². The third kappa shape index (κ3) is 2.63. The predicted molar refractivity (Wildman–Crippen MR) is 73.0 cm³/mol. The van der Waals surface area contributed by atoms with Crippen LogP contribution in [0, 0.1) is 5.92 Å². The number of anilines is 1. The number of hydrogen-bond acceptors (Lipinski definition) is 3. The number of hydrogen-bond donors (Lipinski definition) is 1. The van der Waals surface area contributed by atoms with E-state index in [1.165, 1.54) is 4.31 Å². The Bertz CT molecular complexity index is 521. The summed E-state index contributed by atoms with van der Waals surface area (Å²) in [5.74, 6) is 0.489. The number of sulfonamides is 1. The molecule has 4 nitrogen and oxygen atoms in total. The van der Waals surface area contributed by atoms with E-state index < -0.39 is 10.0 Å². The van der Waals surface area contributed by atoms with E-state index in [1.54, 1.807) is 18.2 Å². The SMILES string of the molecule is CCN(CC1CC1)S(=O)(=O)c1c(N)cccc1Cl. The van der Waals surface area contributed by atoms with Gasteiger partial charge in [0.15, 0.2) is 0 Å². The molecule has 1 fully saturated rings. The number of rotatable bonds is 5. The zero-order valence-corrected chi connectivity index (χ0v) is 11.8. The van der Waals surface area contributed by atoms with E-state index in [-0.39, 0.29) is 15.6 Å². The molecular formula is C12H17ClN2O2S. The predicted octanol–water partition coefficient (Wildman–Crippen LogP) is 2.34. The van der Waals surface area contributed by atoms with E-state index in [1.807, 2.05) is 6.92 Å². The topological polar surface area (TPSA) is 63.4 Å². The summed E-state index contributed by atoms with van der Waals surface area (Å²) in [6.07, 6.45) is 2.20. The van der Waals surface area contributed by atoms with Crippen LogP contribution in [0.5, 0.6) is 0 Å². The molecule has 0 atom stereocenters. The van der Waals surface area contributed by atoms with Gasteiger partial charge in [-0.3, -0.25) is 0 Å². The Labute approximate surface area is 113 Å². The van der Waals surface area contributed by atoms with Gasteiger partial charge in [0.1, 0.15) is 4.90 Å². The Kier molecular flexibility index (Phi) is 3.84. The van der Waals surface area contributed by atoms with Crippen molar-refractivity contribution >= 4 is 27.3 Å². The highest BCUT2D eigenvalue weighted by atomic mass is 35.5. The number of nitrogens with zero attached hydrogens (tertiary/aromatic N) is 1. The molecule has 6 heteroatoms. The van der Waals surface area contributed by atoms with Crippen LogP contribution in [-0.2, 0) is 10.0 Å². The van der Waals surface area contributed by atoms with E-state index in [2.05, 4.69) is 0 Å². The van der Waals surface area contributed by atoms with Crippen molar-refractivity contribution in [3.05, 3.63) is 23.2 Å². The Morgan fingerprint density at radius 1 is 1.44 bits per heavy atom. The molecule has 0 spiro atoms. The average molecular weight is 289 g/mol. The first-order valence-electron chi connectivity index (χ1n) is 6.01. The molecule has 0 unspecified atom stereocenters. The molecule has 2 N–H and O–H groups in total. The fourth-order valence-electron chi connectivity index (χ4n) is 1.91. The molecule has 18 heavy (non-hydrogen) atoms. The standard InChI is InChI=1S/C12H17ClN2O2S/c1-2-15(8-9-6-7-9)18(16,17)12-10(13)4-3-5-11(12)14/h3-5,9H,2,6-8,14H2,1H3. The summed E-state index contributed by atoms with van der Waals surface area (Å²) in [5.41, 5.74) is 5.96. The fraction of sp³-hybridized carbons (Fsp3) is 0.500. The first kappa shape index (κ1) is 13.6. The lowest BCUT2D eigenvalue weighted by Gasteiger charge is -2.21. The zero-order valence-electron chi connectivity index (χ0n) is 10.3. The largest absolute Gasteiger partial charge is 0.398 e. The van der Waals surface area contributed by atoms with Gasteiger partial charge < -0.3 is 5.73 Å². The summed E-state index contributed by atoms with van der Waals surface area (Å²) in [7, 11) is -3.59. The second-order valence-corrected chi connectivity index (χ2v) is 6.84. The summed E-state index contributed by atoms with van der Waals surface area (Å²) in [6, 6.07) is 4.76. The smallest absolute Gasteiger partial charge is 0.246 e. The van der Waals surface area contributed by atoms with Crippen molar-refractivity contribution in [2.45, 2.75) is 24.7 Å². The number of nitrogen functional groups attached to an aromatic ring is 1. The van der Waals surface area contributed by atoms with Gasteiger partial charge in [0, 0.05) is 13.1 Å². The van der Waals surface area contributed by atoms with Gasteiger partial charge in [0.25, 0.3) is 0 Å². The first-order valence-corrected chi connectivity index (χ1v) is 7.82. The maximum atomic E-state index is 12.5. The zero-order chi connectivity index (χ0) is 13.3. The van der Waals surface area contributed by atoms with Gasteiger partial charge in [-0.25, -0.2) is 8.42 Å². The Morgan fingerprint density at radius 2 is 2.11 bits per heavy atom. The second kappa shape index (κ2) is 5.07. The van der Waals surface area contributed by atoms with Crippen molar-refractivity contribution < 1.29 is 8.42 Å². The molecule has 0 bridgehead atoms. The van der Waals surface area contributed by atoms with Crippen molar-refractivity contribution in [1.82, 2.24) is 4.31 Å². The van der Waals surface area contributed by atoms with Gasteiger partial charge in [-0.1, -0.05) is 24.6 Å². The van der Waals surface area contributed by atoms with Crippen molar-refractivity contribution in [2.24, 2.45) is 5.92 Å². The minimum Gasteiger partial charge on any atom is -0.398 e. The Balaban J connectivity index is 2.39. The van der Waals surface area contributed by atoms with E-state index in [4.69, 9.17) is 17.3 Å². The number of benzene rings is 1. The van der Waals surface area contributed by atoms with E-state index >= 15 is 0 Å². The monoisotopic (exact) mass is 288 g/mol. The number of nitrogens with two attached hydrogens (primary N) is 1. The van der Waals surface area contributed by atoms with Crippen LogP contribution < -0.4 is 5.73 Å². The second-order valence-electron chi connectivity index (χ2n) is 4.56. The van der Waals surface area contributed by atoms with Crippen molar-refractivity contribution in [3.63, 3.8) is 0 Å². The molecule has 1 aromatic carbocycles. The minimum atomic E-state index is -3.59. The van der Waals surface area contributed by atoms with Crippen LogP contribution in [0.2, 0.25) is 5.02 Å².